The molecule has 2 aromatic carbocycles. The van der Waals surface area contributed by atoms with Crippen molar-refractivity contribution >= 4 is 23.1 Å². The molecule has 0 bridgehead atoms. The van der Waals surface area contributed by atoms with Crippen LogP contribution in [0.3, 0.4) is 0 Å². The lowest BCUT2D eigenvalue weighted by atomic mass is 9.47. The van der Waals surface area contributed by atoms with Gasteiger partial charge in [-0.3, -0.25) is 19.2 Å². The van der Waals surface area contributed by atoms with E-state index in [1.165, 1.54) is 0 Å². The van der Waals surface area contributed by atoms with Gasteiger partial charge in [0.1, 0.15) is 11.5 Å². The molecule has 6 rings (SSSR count). The third kappa shape index (κ3) is 4.13. The van der Waals surface area contributed by atoms with Gasteiger partial charge in [0.15, 0.2) is 0 Å². The molecule has 246 valence electrons. The number of phenolic OH excluding ortho intramolecular Hbond substituents is 2. The second kappa shape index (κ2) is 10.1. The Labute approximate surface area is 273 Å². The van der Waals surface area contributed by atoms with Crippen LogP contribution in [-0.4, -0.2) is 33.3 Å². The van der Waals surface area contributed by atoms with Crippen molar-refractivity contribution in [2.75, 3.05) is 0 Å². The number of fused-ring (bicyclic) bond motifs is 6. The molecule has 6 nitrogen and oxygen atoms in total. The van der Waals surface area contributed by atoms with E-state index >= 15 is 0 Å². The molecule has 2 saturated carbocycles. The van der Waals surface area contributed by atoms with Gasteiger partial charge in [0.25, 0.3) is 0 Å². The molecule has 0 aromatic heterocycles. The van der Waals surface area contributed by atoms with Gasteiger partial charge in [-0.25, -0.2) is 0 Å². The van der Waals surface area contributed by atoms with Crippen LogP contribution in [0.4, 0.5) is 0 Å². The van der Waals surface area contributed by atoms with Crippen LogP contribution in [0.25, 0.3) is 11.1 Å². The molecule has 2 fully saturated rings. The van der Waals surface area contributed by atoms with Crippen molar-refractivity contribution in [3.05, 3.63) is 45.5 Å². The Bertz CT molecular complexity index is 1610. The fourth-order valence-electron chi connectivity index (χ4n) is 10.8. The van der Waals surface area contributed by atoms with Gasteiger partial charge in [-0.2, -0.15) is 0 Å². The zero-order chi connectivity index (χ0) is 34.0. The molecule has 46 heavy (non-hydrogen) atoms. The summed E-state index contributed by atoms with van der Waals surface area (Å²) >= 11 is 0. The Hall–Kier alpha value is -3.28. The van der Waals surface area contributed by atoms with Crippen LogP contribution in [0.1, 0.15) is 163 Å². The molecule has 2 unspecified atom stereocenters. The Morgan fingerprint density at radius 2 is 0.913 bits per heavy atom. The van der Waals surface area contributed by atoms with Crippen LogP contribution < -0.4 is 0 Å². The number of carbonyl (C=O) groups excluding carboxylic acids is 4. The van der Waals surface area contributed by atoms with Crippen LogP contribution in [-0.2, 0) is 20.4 Å². The number of benzene rings is 2. The lowest BCUT2D eigenvalue weighted by Crippen LogP contribution is -2.56. The highest BCUT2D eigenvalue weighted by molar-refractivity contribution is 6.47. The van der Waals surface area contributed by atoms with Gasteiger partial charge < -0.3 is 10.2 Å². The van der Waals surface area contributed by atoms with E-state index in [4.69, 9.17) is 0 Å². The number of hydrogen-bond acceptors (Lipinski definition) is 6. The van der Waals surface area contributed by atoms with Gasteiger partial charge in [0.05, 0.1) is 0 Å². The van der Waals surface area contributed by atoms with Gasteiger partial charge >= 0.3 is 0 Å². The highest BCUT2D eigenvalue weighted by Crippen LogP contribution is 2.64. The molecule has 0 amide bonds. The molecule has 0 heterocycles. The van der Waals surface area contributed by atoms with Crippen LogP contribution in [0.5, 0.6) is 11.5 Å². The molecular weight excluding hydrogens is 576 g/mol. The minimum absolute atomic E-state index is 0.0303. The Balaban J connectivity index is 1.86. The van der Waals surface area contributed by atoms with Gasteiger partial charge in [-0.1, -0.05) is 82.1 Å². The third-order valence-electron chi connectivity index (χ3n) is 12.6. The van der Waals surface area contributed by atoms with E-state index in [2.05, 4.69) is 0 Å². The van der Waals surface area contributed by atoms with Gasteiger partial charge in [-0.15, -0.1) is 0 Å². The maximum Gasteiger partial charge on any atom is 0.229 e. The number of phenols is 2. The Morgan fingerprint density at radius 3 is 1.22 bits per heavy atom. The van der Waals surface area contributed by atoms with Crippen LogP contribution in [0.2, 0.25) is 0 Å². The molecule has 6 heteroatoms. The first kappa shape index (κ1) is 32.7. The number of ketones is 4. The summed E-state index contributed by atoms with van der Waals surface area (Å²) in [6, 6.07) is 3.39. The average molecular weight is 627 g/mol. The molecule has 2 aromatic rings. The fourth-order valence-corrected chi connectivity index (χ4v) is 10.8. The first-order chi connectivity index (χ1) is 21.2. The average Bonchev–Trinajstić information content (AvgIpc) is 2.93. The first-order valence-corrected chi connectivity index (χ1v) is 17.2. The minimum Gasteiger partial charge on any atom is -0.507 e. The molecule has 0 saturated heterocycles. The molecule has 0 spiro atoms. The van der Waals surface area contributed by atoms with E-state index < -0.39 is 56.6 Å². The molecular formula is C40H50O6. The van der Waals surface area contributed by atoms with Crippen LogP contribution in [0.15, 0.2) is 12.1 Å². The summed E-state index contributed by atoms with van der Waals surface area (Å²) in [5.41, 5.74) is 0.946. The van der Waals surface area contributed by atoms with E-state index in [1.807, 2.05) is 69.2 Å². The van der Waals surface area contributed by atoms with Gasteiger partial charge in [0.2, 0.25) is 23.1 Å². The Morgan fingerprint density at radius 1 is 0.587 bits per heavy atom. The van der Waals surface area contributed by atoms with Crippen molar-refractivity contribution in [1.29, 1.82) is 0 Å². The topological polar surface area (TPSA) is 109 Å². The number of aromatic hydroxyl groups is 2. The SMILES string of the molecule is CC(C)c1cc2c(c(-c3c(O)c(C(C)C)cc4c3[C@@]3(C)CCCC(C)(C)C3C(=O)C4=O)c1O)[C@@]1(C)CCCC(C)(C)C1C(=O)C2=O. The molecule has 4 aliphatic carbocycles. The van der Waals surface area contributed by atoms with E-state index in [9.17, 15) is 29.4 Å². The molecule has 4 atom stereocenters. The van der Waals surface area contributed by atoms with Gasteiger partial charge in [0, 0.05) is 44.9 Å². The zero-order valence-electron chi connectivity index (χ0n) is 29.2. The zero-order valence-corrected chi connectivity index (χ0v) is 29.2. The maximum atomic E-state index is 14.2. The fraction of sp³-hybridized carbons (Fsp3) is 0.600. The van der Waals surface area contributed by atoms with Crippen molar-refractivity contribution in [2.24, 2.45) is 22.7 Å². The summed E-state index contributed by atoms with van der Waals surface area (Å²) in [6.45, 7) is 20.0. The summed E-state index contributed by atoms with van der Waals surface area (Å²) in [5, 5.41) is 24.9. The van der Waals surface area contributed by atoms with Crippen LogP contribution >= 0.6 is 0 Å². The summed E-state index contributed by atoms with van der Waals surface area (Å²) in [5.74, 6) is -3.58. The largest absolute Gasteiger partial charge is 0.507 e. The normalized spacial score (nSPS) is 29.8. The van der Waals surface area contributed by atoms with E-state index in [0.29, 0.717) is 46.2 Å². The summed E-state index contributed by atoms with van der Waals surface area (Å²) in [7, 11) is 0. The van der Waals surface area contributed by atoms with Crippen molar-refractivity contribution < 1.29 is 29.4 Å². The van der Waals surface area contributed by atoms with E-state index in [1.54, 1.807) is 12.1 Å². The third-order valence-corrected chi connectivity index (χ3v) is 12.6. The quantitative estimate of drug-likeness (QED) is 0.330. The first-order valence-electron chi connectivity index (χ1n) is 17.2. The lowest BCUT2D eigenvalue weighted by molar-refractivity contribution is -0.129. The standard InChI is InChI=1S/C40H50O6/c1-19(2)21-17-23-27(39(9)15-11-13-37(5,6)35(39)33(45)31(23)43)25(29(21)41)26-28-24(18-22(20(3)4)30(26)42)32(44)34(46)36-38(7,8)14-12-16-40(28,36)10/h17-20,35-36,41-42H,11-16H2,1-10H3/t35?,36?,39-,40-/m1/s1. The van der Waals surface area contributed by atoms with Gasteiger partial charge in [-0.05, 0) is 82.7 Å². The second-order valence-corrected chi connectivity index (χ2v) is 17.3. The molecule has 4 aliphatic rings. The highest BCUT2D eigenvalue weighted by Gasteiger charge is 2.61. The summed E-state index contributed by atoms with van der Waals surface area (Å²) in [4.78, 5) is 56.5. The number of rotatable bonds is 3. The van der Waals surface area contributed by atoms with Crippen molar-refractivity contribution in [3.8, 4) is 22.6 Å². The van der Waals surface area contributed by atoms with Crippen molar-refractivity contribution in [3.63, 3.8) is 0 Å². The number of hydrogen-bond donors (Lipinski definition) is 2. The summed E-state index contributed by atoms with van der Waals surface area (Å²) < 4.78 is 0. The second-order valence-electron chi connectivity index (χ2n) is 17.3. The predicted octanol–water partition coefficient (Wildman–Crippen LogP) is 8.71. The Kier molecular flexibility index (Phi) is 7.18. The van der Waals surface area contributed by atoms with E-state index in [0.717, 1.165) is 25.7 Å². The molecule has 2 N–H and O–H groups in total. The van der Waals surface area contributed by atoms with Crippen molar-refractivity contribution in [1.82, 2.24) is 0 Å². The maximum absolute atomic E-state index is 14.2. The summed E-state index contributed by atoms with van der Waals surface area (Å²) in [6.07, 6.45) is 4.54. The monoisotopic (exact) mass is 626 g/mol. The van der Waals surface area contributed by atoms with E-state index in [-0.39, 0.29) is 34.5 Å². The minimum atomic E-state index is -0.807. The number of Topliss-reactive ketones (excluding diaryl/α,β-unsaturated/α-hetero) is 4. The lowest BCUT2D eigenvalue weighted by Gasteiger charge is -2.54. The highest BCUT2D eigenvalue weighted by atomic mass is 16.3. The van der Waals surface area contributed by atoms with Crippen LogP contribution in [0, 0.1) is 22.7 Å². The smallest absolute Gasteiger partial charge is 0.229 e. The predicted molar refractivity (Wildman–Crippen MR) is 179 cm³/mol. The van der Waals surface area contributed by atoms with Crippen molar-refractivity contribution in [2.45, 2.75) is 130 Å². The molecule has 0 radical (unpaired) electrons. The molecule has 0 aliphatic heterocycles. The number of carbonyl (C=O) groups is 4.